The minimum absolute atomic E-state index is 0.211. The molecule has 0 spiro atoms. The number of carbonyl (C=O) groups excluding carboxylic acids is 1. The largest absolute Gasteiger partial charge is 0.445 e. The number of benzene rings is 1. The summed E-state index contributed by atoms with van der Waals surface area (Å²) in [6.07, 6.45) is 1.05. The number of amides is 1. The van der Waals surface area contributed by atoms with Crippen molar-refractivity contribution in [3.63, 3.8) is 0 Å². The minimum Gasteiger partial charge on any atom is -0.445 e. The number of alkyl carbamates (subject to hydrolysis) is 1. The fraction of sp³-hybridized carbons (Fsp3) is 0.529. The molecule has 0 radical (unpaired) electrons. The molecule has 1 unspecified atom stereocenters. The zero-order valence-corrected chi connectivity index (χ0v) is 15.0. The second-order valence-corrected chi connectivity index (χ2v) is 12.7. The third-order valence-electron chi connectivity index (χ3n) is 3.44. The van der Waals surface area contributed by atoms with Crippen molar-refractivity contribution in [3.8, 4) is 6.07 Å². The molecule has 0 aliphatic carbocycles. The monoisotopic (exact) mass is 318 g/mol. The molecule has 1 aromatic carbocycles. The van der Waals surface area contributed by atoms with Crippen molar-refractivity contribution >= 4 is 14.2 Å². The molecule has 120 valence electrons. The lowest BCUT2D eigenvalue weighted by Gasteiger charge is -2.24. The van der Waals surface area contributed by atoms with Crippen LogP contribution in [0.2, 0.25) is 25.7 Å². The average Bonchev–Trinajstić information content (AvgIpc) is 2.45. The first-order valence-corrected chi connectivity index (χ1v) is 11.3. The van der Waals surface area contributed by atoms with Gasteiger partial charge in [-0.15, -0.1) is 0 Å². The van der Waals surface area contributed by atoms with Gasteiger partial charge in [0.2, 0.25) is 0 Å². The van der Waals surface area contributed by atoms with Gasteiger partial charge in [-0.2, -0.15) is 5.26 Å². The summed E-state index contributed by atoms with van der Waals surface area (Å²) in [5.74, 6) is 0. The number of nitriles is 1. The molecular formula is C17H26N2O2Si. The van der Waals surface area contributed by atoms with Crippen molar-refractivity contribution in [2.24, 2.45) is 0 Å². The van der Waals surface area contributed by atoms with Gasteiger partial charge in [-0.3, -0.25) is 0 Å². The van der Waals surface area contributed by atoms with Gasteiger partial charge in [-0.1, -0.05) is 62.4 Å². The molecule has 1 atom stereocenters. The van der Waals surface area contributed by atoms with E-state index in [0.717, 1.165) is 18.0 Å². The van der Waals surface area contributed by atoms with Crippen LogP contribution in [0.4, 0.5) is 4.79 Å². The molecular weight excluding hydrogens is 292 g/mol. The maximum absolute atomic E-state index is 11.9. The lowest BCUT2D eigenvalue weighted by molar-refractivity contribution is 0.131. The van der Waals surface area contributed by atoms with Gasteiger partial charge in [0.15, 0.2) is 0 Å². The topological polar surface area (TPSA) is 62.1 Å². The van der Waals surface area contributed by atoms with E-state index in [4.69, 9.17) is 4.74 Å². The van der Waals surface area contributed by atoms with Crippen LogP contribution in [0.5, 0.6) is 0 Å². The van der Waals surface area contributed by atoms with Crippen LogP contribution in [0.3, 0.4) is 0 Å². The number of rotatable bonds is 7. The molecule has 1 N–H and O–H groups in total. The molecule has 0 aliphatic rings. The van der Waals surface area contributed by atoms with Gasteiger partial charge >= 0.3 is 6.09 Å². The van der Waals surface area contributed by atoms with E-state index in [1.165, 1.54) is 0 Å². The highest BCUT2D eigenvalue weighted by atomic mass is 28.3. The molecule has 0 bridgehead atoms. The molecule has 1 aromatic rings. The quantitative estimate of drug-likeness (QED) is 0.762. The van der Waals surface area contributed by atoms with E-state index < -0.39 is 19.7 Å². The number of hydrogen-bond donors (Lipinski definition) is 1. The van der Waals surface area contributed by atoms with E-state index in [0.29, 0.717) is 6.42 Å². The van der Waals surface area contributed by atoms with E-state index in [9.17, 15) is 10.1 Å². The SMILES string of the molecule is CC(C#N)(CCC[Si](C)(C)C)NC(=O)OCc1ccccc1. The zero-order valence-electron chi connectivity index (χ0n) is 14.0. The van der Waals surface area contributed by atoms with Crippen LogP contribution in [0, 0.1) is 11.3 Å². The van der Waals surface area contributed by atoms with E-state index in [1.54, 1.807) is 6.92 Å². The van der Waals surface area contributed by atoms with Gasteiger partial charge in [0.25, 0.3) is 0 Å². The van der Waals surface area contributed by atoms with Gasteiger partial charge in [0, 0.05) is 8.07 Å². The Balaban J connectivity index is 2.43. The Labute approximate surface area is 134 Å². The summed E-state index contributed by atoms with van der Waals surface area (Å²) in [5, 5.41) is 12.0. The first-order chi connectivity index (χ1) is 10.2. The Morgan fingerprint density at radius 2 is 1.95 bits per heavy atom. The Morgan fingerprint density at radius 3 is 2.50 bits per heavy atom. The fourth-order valence-electron chi connectivity index (χ4n) is 2.10. The van der Waals surface area contributed by atoms with Crippen molar-refractivity contribution in [2.45, 2.75) is 57.6 Å². The number of nitrogens with zero attached hydrogens (tertiary/aromatic N) is 1. The van der Waals surface area contributed by atoms with Gasteiger partial charge in [0.05, 0.1) is 6.07 Å². The van der Waals surface area contributed by atoms with Crippen LogP contribution < -0.4 is 5.32 Å². The standard InChI is InChI=1S/C17H26N2O2Si/c1-17(14-18,11-8-12-22(2,3)4)19-16(20)21-13-15-9-6-5-7-10-15/h5-7,9-10H,8,11-13H2,1-4H3,(H,19,20). The molecule has 5 heteroatoms. The molecule has 0 heterocycles. The maximum atomic E-state index is 11.9. The van der Waals surface area contributed by atoms with Gasteiger partial charge in [0.1, 0.15) is 12.1 Å². The lowest BCUT2D eigenvalue weighted by atomic mass is 9.98. The number of ether oxygens (including phenoxy) is 1. The summed E-state index contributed by atoms with van der Waals surface area (Å²) in [7, 11) is -1.12. The first-order valence-electron chi connectivity index (χ1n) is 7.64. The molecule has 4 nitrogen and oxygen atoms in total. The molecule has 0 aliphatic heterocycles. The normalized spacial score (nSPS) is 13.8. The molecule has 0 saturated heterocycles. The maximum Gasteiger partial charge on any atom is 0.408 e. The van der Waals surface area contributed by atoms with Crippen LogP contribution in [0.25, 0.3) is 0 Å². The molecule has 1 amide bonds. The zero-order chi connectivity index (χ0) is 16.6. The third kappa shape index (κ3) is 7.28. The third-order valence-corrected chi connectivity index (χ3v) is 5.29. The van der Waals surface area contributed by atoms with Gasteiger partial charge < -0.3 is 10.1 Å². The van der Waals surface area contributed by atoms with Gasteiger partial charge in [-0.05, 0) is 18.9 Å². The number of nitrogens with one attached hydrogen (secondary N) is 1. The summed E-state index contributed by atoms with van der Waals surface area (Å²) in [6, 6.07) is 12.8. The van der Waals surface area contributed by atoms with Crippen LogP contribution in [0.1, 0.15) is 25.3 Å². The Bertz CT molecular complexity index is 520. The van der Waals surface area contributed by atoms with Crippen molar-refractivity contribution in [1.29, 1.82) is 5.26 Å². The second-order valence-electron chi connectivity index (χ2n) is 7.04. The second kappa shape index (κ2) is 8.00. The highest BCUT2D eigenvalue weighted by molar-refractivity contribution is 6.76. The summed E-state index contributed by atoms with van der Waals surface area (Å²) in [6.45, 7) is 8.87. The number of carbonyl (C=O) groups is 1. The van der Waals surface area contributed by atoms with Crippen LogP contribution in [0.15, 0.2) is 30.3 Å². The Morgan fingerprint density at radius 1 is 1.32 bits per heavy atom. The molecule has 1 rings (SSSR count). The van der Waals surface area contributed by atoms with Crippen LogP contribution in [-0.2, 0) is 11.3 Å². The first kappa shape index (κ1) is 18.2. The van der Waals surface area contributed by atoms with Crippen molar-refractivity contribution in [2.75, 3.05) is 0 Å². The Kier molecular flexibility index (Phi) is 6.63. The molecule has 0 aromatic heterocycles. The summed E-state index contributed by atoms with van der Waals surface area (Å²) < 4.78 is 5.18. The molecule has 0 fully saturated rings. The van der Waals surface area contributed by atoms with Crippen molar-refractivity contribution < 1.29 is 9.53 Å². The summed E-state index contributed by atoms with van der Waals surface area (Å²) >= 11 is 0. The van der Waals surface area contributed by atoms with Crippen molar-refractivity contribution in [3.05, 3.63) is 35.9 Å². The van der Waals surface area contributed by atoms with E-state index in [-0.39, 0.29) is 6.61 Å². The highest BCUT2D eigenvalue weighted by Crippen LogP contribution is 2.19. The van der Waals surface area contributed by atoms with Crippen LogP contribution >= 0.6 is 0 Å². The van der Waals surface area contributed by atoms with Crippen LogP contribution in [-0.4, -0.2) is 19.7 Å². The van der Waals surface area contributed by atoms with Gasteiger partial charge in [-0.25, -0.2) is 4.79 Å². The van der Waals surface area contributed by atoms with E-state index in [2.05, 4.69) is 31.0 Å². The summed E-state index contributed by atoms with van der Waals surface area (Å²) in [4.78, 5) is 11.9. The predicted molar refractivity (Wildman–Crippen MR) is 91.2 cm³/mol. The molecule has 22 heavy (non-hydrogen) atoms. The number of hydrogen-bond acceptors (Lipinski definition) is 3. The van der Waals surface area contributed by atoms with Crippen molar-refractivity contribution in [1.82, 2.24) is 5.32 Å². The average molecular weight is 318 g/mol. The highest BCUT2D eigenvalue weighted by Gasteiger charge is 2.27. The minimum atomic E-state index is -1.12. The molecule has 0 saturated carbocycles. The fourth-order valence-corrected chi connectivity index (χ4v) is 3.34. The summed E-state index contributed by atoms with van der Waals surface area (Å²) in [5.41, 5.74) is 0.0583. The Hall–Kier alpha value is -1.80. The predicted octanol–water partition coefficient (Wildman–Crippen LogP) is 4.31. The van der Waals surface area contributed by atoms with E-state index in [1.807, 2.05) is 30.3 Å². The lowest BCUT2D eigenvalue weighted by Crippen LogP contribution is -2.45. The smallest absolute Gasteiger partial charge is 0.408 e. The van der Waals surface area contributed by atoms with E-state index >= 15 is 0 Å².